The largest absolute Gasteiger partial charge is 0.381 e. The average Bonchev–Trinajstić information content (AvgIpc) is 3.23. The molecular formula is C25H35N3O4. The number of carbonyl (C=O) groups is 1. The van der Waals surface area contributed by atoms with Crippen molar-refractivity contribution in [3.8, 4) is 0 Å². The van der Waals surface area contributed by atoms with Gasteiger partial charge in [0, 0.05) is 26.3 Å². The summed E-state index contributed by atoms with van der Waals surface area (Å²) in [4.78, 5) is 15.3. The first-order chi connectivity index (χ1) is 15.6. The molecule has 2 aliphatic rings. The van der Waals surface area contributed by atoms with Crippen LogP contribution < -0.4 is 5.32 Å². The predicted octanol–water partition coefficient (Wildman–Crippen LogP) is 3.25. The van der Waals surface area contributed by atoms with Crippen molar-refractivity contribution in [2.45, 2.75) is 51.6 Å². The number of fused-ring (bicyclic) bond motifs is 1. The van der Waals surface area contributed by atoms with Gasteiger partial charge in [0.2, 0.25) is 0 Å². The Morgan fingerprint density at radius 1 is 1.22 bits per heavy atom. The van der Waals surface area contributed by atoms with Gasteiger partial charge in [-0.25, -0.2) is 0 Å². The van der Waals surface area contributed by atoms with E-state index in [1.54, 1.807) is 0 Å². The van der Waals surface area contributed by atoms with E-state index in [1.807, 2.05) is 48.3 Å². The third-order valence-corrected chi connectivity index (χ3v) is 6.67. The van der Waals surface area contributed by atoms with Crippen molar-refractivity contribution in [3.05, 3.63) is 58.9 Å². The zero-order valence-electron chi connectivity index (χ0n) is 19.1. The predicted molar refractivity (Wildman–Crippen MR) is 122 cm³/mol. The molecule has 4 rings (SSSR count). The van der Waals surface area contributed by atoms with E-state index in [4.69, 9.17) is 9.47 Å². The maximum atomic E-state index is 13.3. The van der Waals surface area contributed by atoms with Gasteiger partial charge in [0.15, 0.2) is 0 Å². The summed E-state index contributed by atoms with van der Waals surface area (Å²) in [5.41, 5.74) is 3.28. The Morgan fingerprint density at radius 3 is 2.69 bits per heavy atom. The number of aromatic nitrogens is 1. The molecular weight excluding hydrogens is 406 g/mol. The molecule has 2 aromatic rings. The summed E-state index contributed by atoms with van der Waals surface area (Å²) in [5, 5.41) is 14.4. The van der Waals surface area contributed by atoms with E-state index in [0.717, 1.165) is 56.0 Å². The van der Waals surface area contributed by atoms with Crippen LogP contribution in [0.3, 0.4) is 0 Å². The fourth-order valence-electron chi connectivity index (χ4n) is 4.77. The van der Waals surface area contributed by atoms with Gasteiger partial charge in [-0.05, 0) is 43.9 Å². The highest BCUT2D eigenvalue weighted by Gasteiger charge is 2.29. The summed E-state index contributed by atoms with van der Waals surface area (Å²) >= 11 is 0. The molecule has 2 N–H and O–H groups in total. The summed E-state index contributed by atoms with van der Waals surface area (Å²) in [6.07, 6.45) is 2.06. The third kappa shape index (κ3) is 5.07. The second-order valence-corrected chi connectivity index (χ2v) is 8.85. The quantitative estimate of drug-likeness (QED) is 0.615. The van der Waals surface area contributed by atoms with E-state index >= 15 is 0 Å². The van der Waals surface area contributed by atoms with Gasteiger partial charge >= 0.3 is 0 Å². The maximum absolute atomic E-state index is 13.3. The molecule has 2 aliphatic heterocycles. The summed E-state index contributed by atoms with van der Waals surface area (Å²) in [6.45, 7) is 6.03. The monoisotopic (exact) mass is 441 g/mol. The van der Waals surface area contributed by atoms with Gasteiger partial charge in [-0.1, -0.05) is 37.3 Å². The SMILES string of the molecule is CC[C@@H](NC(=O)c1cc(C(O)N(C)CC2CCOCC2)n2c1COCC2)c1ccccc1. The minimum Gasteiger partial charge on any atom is -0.381 e. The van der Waals surface area contributed by atoms with E-state index < -0.39 is 6.23 Å². The Kier molecular flexibility index (Phi) is 7.63. The Bertz CT molecular complexity index is 892. The van der Waals surface area contributed by atoms with Crippen molar-refractivity contribution in [1.82, 2.24) is 14.8 Å². The summed E-state index contributed by atoms with van der Waals surface area (Å²) in [6, 6.07) is 11.8. The molecule has 1 aromatic carbocycles. The smallest absolute Gasteiger partial charge is 0.253 e. The van der Waals surface area contributed by atoms with Gasteiger partial charge in [0.1, 0.15) is 6.23 Å². The molecule has 2 atom stereocenters. The highest BCUT2D eigenvalue weighted by Crippen LogP contribution is 2.29. The van der Waals surface area contributed by atoms with Crippen LogP contribution in [-0.4, -0.2) is 53.9 Å². The first kappa shape index (κ1) is 23.0. The minimum absolute atomic E-state index is 0.0617. The Labute approximate surface area is 190 Å². The molecule has 32 heavy (non-hydrogen) atoms. The number of carbonyl (C=O) groups excluding carboxylic acids is 1. The van der Waals surface area contributed by atoms with Crippen LogP contribution in [0, 0.1) is 5.92 Å². The molecule has 174 valence electrons. The first-order valence-corrected chi connectivity index (χ1v) is 11.7. The van der Waals surface area contributed by atoms with Gasteiger partial charge in [0.05, 0.1) is 36.2 Å². The van der Waals surface area contributed by atoms with Crippen LogP contribution in [0.25, 0.3) is 0 Å². The number of benzene rings is 1. The van der Waals surface area contributed by atoms with E-state index in [0.29, 0.717) is 31.2 Å². The number of amides is 1. The number of hydrogen-bond acceptors (Lipinski definition) is 5. The molecule has 7 nitrogen and oxygen atoms in total. The van der Waals surface area contributed by atoms with Crippen molar-refractivity contribution < 1.29 is 19.4 Å². The van der Waals surface area contributed by atoms with E-state index in [9.17, 15) is 9.90 Å². The van der Waals surface area contributed by atoms with Crippen molar-refractivity contribution in [3.63, 3.8) is 0 Å². The molecule has 1 saturated heterocycles. The van der Waals surface area contributed by atoms with Crippen LogP contribution >= 0.6 is 0 Å². The van der Waals surface area contributed by atoms with Gasteiger partial charge in [0.25, 0.3) is 5.91 Å². The summed E-state index contributed by atoms with van der Waals surface area (Å²) in [7, 11) is 1.95. The van der Waals surface area contributed by atoms with Crippen LogP contribution in [0.15, 0.2) is 36.4 Å². The maximum Gasteiger partial charge on any atom is 0.253 e. The minimum atomic E-state index is -0.771. The number of rotatable bonds is 8. The van der Waals surface area contributed by atoms with Crippen molar-refractivity contribution in [2.75, 3.05) is 33.4 Å². The molecule has 7 heteroatoms. The first-order valence-electron chi connectivity index (χ1n) is 11.7. The Hall–Kier alpha value is -2.19. The lowest BCUT2D eigenvalue weighted by Crippen LogP contribution is -2.34. The molecule has 1 amide bonds. The highest BCUT2D eigenvalue weighted by molar-refractivity contribution is 5.96. The molecule has 1 aromatic heterocycles. The normalized spacial score (nSPS) is 18.9. The van der Waals surface area contributed by atoms with Crippen molar-refractivity contribution >= 4 is 5.91 Å². The van der Waals surface area contributed by atoms with Gasteiger partial charge in [-0.3, -0.25) is 9.69 Å². The van der Waals surface area contributed by atoms with Crippen LogP contribution in [0.5, 0.6) is 0 Å². The third-order valence-electron chi connectivity index (χ3n) is 6.67. The Balaban J connectivity index is 1.53. The molecule has 0 spiro atoms. The second kappa shape index (κ2) is 10.6. The zero-order chi connectivity index (χ0) is 22.5. The highest BCUT2D eigenvalue weighted by atomic mass is 16.5. The summed E-state index contributed by atoms with van der Waals surface area (Å²) in [5.74, 6) is 0.391. The number of hydrogen-bond donors (Lipinski definition) is 2. The van der Waals surface area contributed by atoms with E-state index in [-0.39, 0.29) is 11.9 Å². The lowest BCUT2D eigenvalue weighted by atomic mass is 10.00. The molecule has 3 heterocycles. The topological polar surface area (TPSA) is 76.0 Å². The number of nitrogens with zero attached hydrogens (tertiary/aromatic N) is 2. The molecule has 1 unspecified atom stereocenters. The lowest BCUT2D eigenvalue weighted by Gasteiger charge is -2.31. The zero-order valence-corrected chi connectivity index (χ0v) is 19.1. The van der Waals surface area contributed by atoms with Gasteiger partial charge in [-0.2, -0.15) is 0 Å². The number of aliphatic hydroxyl groups is 1. The molecule has 1 fully saturated rings. The van der Waals surface area contributed by atoms with Crippen LogP contribution in [0.2, 0.25) is 0 Å². The van der Waals surface area contributed by atoms with Gasteiger partial charge < -0.3 is 24.5 Å². The lowest BCUT2D eigenvalue weighted by molar-refractivity contribution is -0.0154. The number of nitrogens with one attached hydrogen (secondary N) is 1. The molecule has 0 aliphatic carbocycles. The number of ether oxygens (including phenoxy) is 2. The standard InChI is InChI=1S/C25H35N3O4/c1-3-21(19-7-5-4-6-8-19)26-24(29)20-15-22(28-11-14-32-17-23(20)28)25(30)27(2)16-18-9-12-31-13-10-18/h4-8,15,18,21,25,30H,3,9-14,16-17H2,1-2H3,(H,26,29)/t21-,25?/m1/s1. The summed E-state index contributed by atoms with van der Waals surface area (Å²) < 4.78 is 13.2. The second-order valence-electron chi connectivity index (χ2n) is 8.85. The number of aliphatic hydroxyl groups excluding tert-OH is 1. The van der Waals surface area contributed by atoms with Crippen LogP contribution in [-0.2, 0) is 22.6 Å². The molecule has 0 radical (unpaired) electrons. The van der Waals surface area contributed by atoms with Crippen molar-refractivity contribution in [1.29, 1.82) is 0 Å². The fourth-order valence-corrected chi connectivity index (χ4v) is 4.77. The van der Waals surface area contributed by atoms with Crippen molar-refractivity contribution in [2.24, 2.45) is 5.92 Å². The Morgan fingerprint density at radius 2 is 1.97 bits per heavy atom. The van der Waals surface area contributed by atoms with E-state index in [2.05, 4.69) is 16.8 Å². The molecule has 0 saturated carbocycles. The average molecular weight is 442 g/mol. The van der Waals surface area contributed by atoms with Gasteiger partial charge in [-0.15, -0.1) is 0 Å². The van der Waals surface area contributed by atoms with Crippen LogP contribution in [0.1, 0.15) is 65.8 Å². The fraction of sp³-hybridized carbons (Fsp3) is 0.560. The van der Waals surface area contributed by atoms with E-state index in [1.165, 1.54) is 0 Å². The molecule has 0 bridgehead atoms. The van der Waals surface area contributed by atoms with Crippen LogP contribution in [0.4, 0.5) is 0 Å².